The fraction of sp³-hybridized carbons (Fsp3) is 0.0244. The molecule has 0 saturated heterocycles. The second-order valence-electron chi connectivity index (χ2n) is 21.7. The van der Waals surface area contributed by atoms with Gasteiger partial charge in [0.05, 0.1) is 11.0 Å². The second kappa shape index (κ2) is 22.6. The first kappa shape index (κ1) is 51.4. The lowest BCUT2D eigenvalue weighted by Gasteiger charge is -2.26. The van der Waals surface area contributed by atoms with Gasteiger partial charge in [0.15, 0.2) is 0 Å². The molecule has 1 aromatic heterocycles. The average Bonchev–Trinajstić information content (AvgIpc) is 4.07. The highest BCUT2D eigenvalue weighted by atomic mass is 15.1. The van der Waals surface area contributed by atoms with Crippen molar-refractivity contribution in [3.63, 3.8) is 0 Å². The molecule has 1 heterocycles. The number of rotatable bonds is 10. The molecule has 15 rings (SSSR count). The maximum Gasteiger partial charge on any atom is 0.0541 e. The molecule has 0 aliphatic rings. The Bertz CT molecular complexity index is 4690. The molecule has 84 heavy (non-hydrogen) atoms. The summed E-state index contributed by atoms with van der Waals surface area (Å²) in [6.45, 7) is 4.23. The van der Waals surface area contributed by atoms with E-state index in [1.165, 1.54) is 121 Å². The molecule has 0 saturated carbocycles. The van der Waals surface area contributed by atoms with E-state index >= 15 is 0 Å². The number of para-hydroxylation sites is 2. The van der Waals surface area contributed by atoms with E-state index in [1.54, 1.807) is 0 Å². The Morgan fingerprint density at radius 3 is 1.13 bits per heavy atom. The fourth-order valence-corrected chi connectivity index (χ4v) is 12.0. The predicted octanol–water partition coefficient (Wildman–Crippen LogP) is 23.2. The SMILES string of the molecule is C/C=C(\C)c1cccc2ccccc12.c1ccc(-n2c3ccccc3c3cc(-c4ccc(N(c5ccc(-c6ccc(-c7ccc8ccccc8c7)cc6)cc5)c5ccc(-c6ccc(-c7ccc8ccccc8c7)cc6)cc5)cc4)ccc32)cc1. The van der Waals surface area contributed by atoms with E-state index in [0.29, 0.717) is 0 Å². The van der Waals surface area contributed by atoms with Crippen LogP contribution in [0.5, 0.6) is 0 Å². The third-order valence-electron chi connectivity index (χ3n) is 16.6. The largest absolute Gasteiger partial charge is 0.311 e. The molecule has 2 nitrogen and oxygen atoms in total. The Hall–Kier alpha value is -10.8. The fourth-order valence-electron chi connectivity index (χ4n) is 12.0. The summed E-state index contributed by atoms with van der Waals surface area (Å²) in [5.41, 5.74) is 21.5. The number of fused-ring (bicyclic) bond motifs is 6. The van der Waals surface area contributed by atoms with E-state index in [-0.39, 0.29) is 0 Å². The number of hydrogen-bond acceptors (Lipinski definition) is 1. The average molecular weight is 1070 g/mol. The highest BCUT2D eigenvalue weighted by Gasteiger charge is 2.17. The van der Waals surface area contributed by atoms with Gasteiger partial charge in [-0.3, -0.25) is 0 Å². The molecule has 0 fully saturated rings. The molecular weight excluding hydrogens is 1010 g/mol. The maximum atomic E-state index is 2.37. The van der Waals surface area contributed by atoms with E-state index < -0.39 is 0 Å². The van der Waals surface area contributed by atoms with Crippen LogP contribution in [0, 0.1) is 0 Å². The van der Waals surface area contributed by atoms with Crippen molar-refractivity contribution in [2.75, 3.05) is 4.90 Å². The number of hydrogen-bond donors (Lipinski definition) is 0. The number of anilines is 3. The first-order valence-corrected chi connectivity index (χ1v) is 29.0. The minimum Gasteiger partial charge on any atom is -0.311 e. The summed E-state index contributed by atoms with van der Waals surface area (Å²) in [5, 5.41) is 10.2. The molecule has 0 spiro atoms. The van der Waals surface area contributed by atoms with Gasteiger partial charge in [-0.1, -0.05) is 249 Å². The highest BCUT2D eigenvalue weighted by Crippen LogP contribution is 2.40. The van der Waals surface area contributed by atoms with Gasteiger partial charge in [0.25, 0.3) is 0 Å². The molecule has 0 aliphatic heterocycles. The van der Waals surface area contributed by atoms with Crippen molar-refractivity contribution in [1.29, 1.82) is 0 Å². The molecular formula is C82H60N2. The van der Waals surface area contributed by atoms with Crippen molar-refractivity contribution in [3.05, 3.63) is 333 Å². The van der Waals surface area contributed by atoms with Crippen molar-refractivity contribution >= 4 is 76.8 Å². The van der Waals surface area contributed by atoms with Crippen molar-refractivity contribution in [2.24, 2.45) is 0 Å². The molecule has 15 aromatic rings. The van der Waals surface area contributed by atoms with Crippen LogP contribution in [0.25, 0.3) is 121 Å². The molecule has 2 heteroatoms. The lowest BCUT2D eigenvalue weighted by atomic mass is 9.98. The first-order chi connectivity index (χ1) is 41.5. The van der Waals surface area contributed by atoms with Crippen LogP contribution in [0.2, 0.25) is 0 Å². The van der Waals surface area contributed by atoms with Crippen LogP contribution in [0.1, 0.15) is 19.4 Å². The van der Waals surface area contributed by atoms with E-state index in [1.807, 2.05) is 0 Å². The van der Waals surface area contributed by atoms with Crippen molar-refractivity contribution < 1.29 is 0 Å². The van der Waals surface area contributed by atoms with Crippen molar-refractivity contribution in [3.8, 4) is 61.3 Å². The Morgan fingerprint density at radius 1 is 0.274 bits per heavy atom. The molecule has 0 amide bonds. The van der Waals surface area contributed by atoms with Gasteiger partial charge in [0.1, 0.15) is 0 Å². The first-order valence-electron chi connectivity index (χ1n) is 29.0. The molecule has 14 aromatic carbocycles. The third kappa shape index (κ3) is 10.1. The van der Waals surface area contributed by atoms with Crippen LogP contribution in [0.4, 0.5) is 17.1 Å². The Balaban J connectivity index is 0.000000393. The smallest absolute Gasteiger partial charge is 0.0541 e. The van der Waals surface area contributed by atoms with Gasteiger partial charge in [-0.25, -0.2) is 0 Å². The van der Waals surface area contributed by atoms with Crippen LogP contribution < -0.4 is 4.90 Å². The van der Waals surface area contributed by atoms with Crippen LogP contribution in [-0.2, 0) is 0 Å². The van der Waals surface area contributed by atoms with Crippen molar-refractivity contribution in [2.45, 2.75) is 13.8 Å². The third-order valence-corrected chi connectivity index (χ3v) is 16.6. The summed E-state index contributed by atoms with van der Waals surface area (Å²) in [7, 11) is 0. The van der Waals surface area contributed by atoms with E-state index in [4.69, 9.17) is 0 Å². The lowest BCUT2D eigenvalue weighted by Crippen LogP contribution is -2.09. The minimum atomic E-state index is 1.09. The molecule has 0 unspecified atom stereocenters. The van der Waals surface area contributed by atoms with Gasteiger partial charge in [-0.05, 0) is 192 Å². The summed E-state index contributed by atoms with van der Waals surface area (Å²) >= 11 is 0. The van der Waals surface area contributed by atoms with Gasteiger partial charge >= 0.3 is 0 Å². The number of benzene rings is 14. The van der Waals surface area contributed by atoms with Gasteiger partial charge in [0, 0.05) is 33.5 Å². The Kier molecular flexibility index (Phi) is 13.8. The second-order valence-corrected chi connectivity index (χ2v) is 21.7. The molecule has 398 valence electrons. The molecule has 0 bridgehead atoms. The molecule has 0 radical (unpaired) electrons. The van der Waals surface area contributed by atoms with Crippen LogP contribution in [-0.4, -0.2) is 4.57 Å². The summed E-state index contributed by atoms with van der Waals surface area (Å²) in [6, 6.07) is 117. The van der Waals surface area contributed by atoms with Gasteiger partial charge < -0.3 is 9.47 Å². The quantitative estimate of drug-likeness (QED) is 0.133. The van der Waals surface area contributed by atoms with E-state index in [0.717, 1.165) is 22.7 Å². The molecule has 0 N–H and O–H groups in total. The molecule has 0 aliphatic carbocycles. The number of aromatic nitrogens is 1. The van der Waals surface area contributed by atoms with E-state index in [2.05, 4.69) is 351 Å². The van der Waals surface area contributed by atoms with E-state index in [9.17, 15) is 0 Å². The summed E-state index contributed by atoms with van der Waals surface area (Å²) in [5.74, 6) is 0. The van der Waals surface area contributed by atoms with Gasteiger partial charge in [-0.2, -0.15) is 0 Å². The maximum absolute atomic E-state index is 2.37. The zero-order valence-corrected chi connectivity index (χ0v) is 47.1. The monoisotopic (exact) mass is 1070 g/mol. The zero-order valence-electron chi connectivity index (χ0n) is 47.1. The van der Waals surface area contributed by atoms with Gasteiger partial charge in [-0.15, -0.1) is 0 Å². The normalized spacial score (nSPS) is 11.5. The minimum absolute atomic E-state index is 1.09. The Labute approximate surface area is 491 Å². The number of allylic oxidation sites excluding steroid dienone is 2. The van der Waals surface area contributed by atoms with Gasteiger partial charge in [0.2, 0.25) is 0 Å². The predicted molar refractivity (Wildman–Crippen MR) is 361 cm³/mol. The highest BCUT2D eigenvalue weighted by molar-refractivity contribution is 6.10. The topological polar surface area (TPSA) is 8.17 Å². The molecule has 0 atom stereocenters. The van der Waals surface area contributed by atoms with Crippen molar-refractivity contribution in [1.82, 2.24) is 4.57 Å². The lowest BCUT2D eigenvalue weighted by molar-refractivity contribution is 1.18. The summed E-state index contributed by atoms with van der Waals surface area (Å²) in [6.07, 6.45) is 2.15. The van der Waals surface area contributed by atoms with Crippen LogP contribution in [0.3, 0.4) is 0 Å². The number of nitrogens with zero attached hydrogens (tertiary/aromatic N) is 2. The summed E-state index contributed by atoms with van der Waals surface area (Å²) in [4.78, 5) is 2.36. The standard InChI is InChI=1S/C68H46N2.C14H14/c1-2-14-61(15-3-1)70-67-17-9-8-16-65(67)66-46-60(36-43-68(66)70)55-34-41-64(42-35-55)69(62-37-30-51(31-38-62)49-18-22-53(23-19-49)58-28-26-47-10-4-6-12-56(47)44-58)63-39-32-52(33-40-63)50-20-24-54(25-21-50)59-29-27-48-11-5-7-13-57(48)45-59;1-3-11(2)13-10-6-8-12-7-4-5-9-14(12)13/h1-46H;3-10H,1-2H3/b;11-3+. The van der Waals surface area contributed by atoms with Crippen LogP contribution in [0.15, 0.2) is 328 Å². The van der Waals surface area contributed by atoms with Crippen LogP contribution >= 0.6 is 0 Å². The summed E-state index contributed by atoms with van der Waals surface area (Å²) < 4.78 is 2.37. The zero-order chi connectivity index (χ0) is 56.3. The Morgan fingerprint density at radius 2 is 0.631 bits per heavy atom.